The Morgan fingerprint density at radius 1 is 0.894 bits per heavy atom. The summed E-state index contributed by atoms with van der Waals surface area (Å²) in [5.41, 5.74) is -0.454. The van der Waals surface area contributed by atoms with Crippen molar-refractivity contribution in [3.8, 4) is 5.75 Å². The number of hydrogen-bond acceptors (Lipinski definition) is 17. The quantitative estimate of drug-likeness (QED) is 0.0231. The number of halogens is 4. The van der Waals surface area contributed by atoms with Crippen molar-refractivity contribution in [1.82, 2.24) is 24.9 Å². The molecule has 2 heterocycles. The number of phenols is 1. The van der Waals surface area contributed by atoms with Crippen LogP contribution in [0.4, 0.5) is 43.3 Å². The van der Waals surface area contributed by atoms with Gasteiger partial charge < -0.3 is 25.6 Å². The fourth-order valence-corrected chi connectivity index (χ4v) is 5.19. The minimum atomic E-state index is -5.11. The van der Waals surface area contributed by atoms with Crippen molar-refractivity contribution in [3.63, 3.8) is 0 Å². The maximum Gasteiger partial charge on any atom is 1.00 e. The first-order valence-corrected chi connectivity index (χ1v) is 14.6. The summed E-state index contributed by atoms with van der Waals surface area (Å²) >= 11 is 11.9. The third kappa shape index (κ3) is 10.1. The summed E-state index contributed by atoms with van der Waals surface area (Å²) in [7, 11) is -5.11. The average molecular weight is 744 g/mol. The molecular weight excluding hydrogens is 733 g/mol. The molecule has 3 N–H and O–H groups in total. The van der Waals surface area contributed by atoms with Gasteiger partial charge in [-0.25, -0.2) is 8.42 Å². The molecule has 0 atom stereocenters. The van der Waals surface area contributed by atoms with Gasteiger partial charge in [0.05, 0.1) is 21.8 Å². The van der Waals surface area contributed by atoms with Gasteiger partial charge in [-0.1, -0.05) is 0 Å². The molecule has 0 radical (unpaired) electrons. The molecule has 0 fully saturated rings. The maximum atomic E-state index is 13.5. The molecular formula is C23H11Cl2F2N9Na2O7S2. The zero-order chi connectivity index (χ0) is 32.3. The zero-order valence-electron chi connectivity index (χ0n) is 23.5. The second kappa shape index (κ2) is 16.8. The van der Waals surface area contributed by atoms with E-state index in [-0.39, 0.29) is 103 Å². The van der Waals surface area contributed by atoms with Crippen molar-refractivity contribution >= 4 is 90.7 Å². The van der Waals surface area contributed by atoms with Crippen LogP contribution in [0.5, 0.6) is 5.75 Å². The van der Waals surface area contributed by atoms with Crippen LogP contribution in [-0.4, -0.2) is 43.0 Å². The number of nitrogens with zero attached hydrogens (tertiary/aromatic N) is 7. The Balaban J connectivity index is 0.00000300. The van der Waals surface area contributed by atoms with Crippen molar-refractivity contribution in [1.29, 1.82) is 0 Å². The van der Waals surface area contributed by atoms with Crippen LogP contribution in [0.2, 0.25) is 10.6 Å². The van der Waals surface area contributed by atoms with Crippen molar-refractivity contribution in [2.24, 2.45) is 10.2 Å². The predicted molar refractivity (Wildman–Crippen MR) is 151 cm³/mol. The van der Waals surface area contributed by atoms with Crippen LogP contribution in [0.25, 0.3) is 10.8 Å². The van der Waals surface area contributed by atoms with Gasteiger partial charge >= 0.3 is 65.2 Å². The van der Waals surface area contributed by atoms with E-state index in [9.17, 15) is 32.1 Å². The van der Waals surface area contributed by atoms with E-state index >= 15 is 0 Å². The number of azo groups is 1. The van der Waals surface area contributed by atoms with Crippen LogP contribution in [0, 0.1) is 12.0 Å². The molecule has 16 nitrogen and oxygen atoms in total. The Morgan fingerprint density at radius 3 is 2.23 bits per heavy atom. The first-order valence-electron chi connectivity index (χ1n) is 11.7. The Labute approximate surface area is 320 Å². The molecule has 0 saturated heterocycles. The minimum Gasteiger partial charge on any atom is -0.744 e. The van der Waals surface area contributed by atoms with Crippen molar-refractivity contribution in [2.45, 2.75) is 9.79 Å². The van der Waals surface area contributed by atoms with E-state index in [1.165, 1.54) is 18.2 Å². The van der Waals surface area contributed by atoms with Gasteiger partial charge in [0.25, 0.3) is 0 Å². The number of rotatable bonds is 10. The molecule has 0 aliphatic rings. The van der Waals surface area contributed by atoms with E-state index in [1.807, 2.05) is 0 Å². The van der Waals surface area contributed by atoms with Crippen LogP contribution in [0.1, 0.15) is 0 Å². The van der Waals surface area contributed by atoms with Gasteiger partial charge in [0.2, 0.25) is 22.5 Å². The number of anilines is 4. The molecule has 0 aliphatic carbocycles. The summed E-state index contributed by atoms with van der Waals surface area (Å²) in [4.78, 5) is 16.8. The molecule has 2 aromatic heterocycles. The van der Waals surface area contributed by atoms with Gasteiger partial charge in [-0.3, -0.25) is 5.04 Å². The third-order valence-electron chi connectivity index (χ3n) is 5.47. The van der Waals surface area contributed by atoms with E-state index in [1.54, 1.807) is 6.07 Å². The van der Waals surface area contributed by atoms with Crippen molar-refractivity contribution in [2.75, 3.05) is 10.6 Å². The zero-order valence-corrected chi connectivity index (χ0v) is 30.6. The average Bonchev–Trinajstić information content (AvgIpc) is 2.94. The number of aromatic hydroxyl groups is 1. The van der Waals surface area contributed by atoms with Crippen molar-refractivity contribution < 1.29 is 101 Å². The first-order chi connectivity index (χ1) is 21.4. The summed E-state index contributed by atoms with van der Waals surface area (Å²) < 4.78 is 67.1. The third-order valence-corrected chi connectivity index (χ3v) is 7.30. The fourth-order valence-electron chi connectivity index (χ4n) is 3.74. The molecule has 3 aromatic carbocycles. The van der Waals surface area contributed by atoms with Gasteiger partial charge in [0.15, 0.2) is 5.75 Å². The Bertz CT molecular complexity index is 2050. The number of nitrogens with one attached hydrogen (secondary N) is 2. The van der Waals surface area contributed by atoms with E-state index in [4.69, 9.17) is 23.2 Å². The van der Waals surface area contributed by atoms with Crippen LogP contribution >= 0.6 is 35.2 Å². The molecule has 0 unspecified atom stereocenters. The second-order valence-electron chi connectivity index (χ2n) is 8.36. The molecule has 0 aliphatic heterocycles. The standard InChI is InChI=1S/C23H13Cl2F2N9O7S2.2Na/c24-20-32-21(25)34-23(33-20)29-10-1-3-12-9(5-10)6-14(44-43-42-38)18(19(12)37)36-35-13-7-11(2-4-15(13)45(39,40)41)28-17-8-16(26)30-22(27)31-17;;/h1-8,37-38H,(H,28,30,31)(H,39,40,41)(H,29,32,33,34);;/q;2*+1/p-2. The number of hydrogen-bond donors (Lipinski definition) is 3. The van der Waals surface area contributed by atoms with E-state index in [0.717, 1.165) is 24.3 Å². The molecule has 47 heavy (non-hydrogen) atoms. The topological polar surface area (TPSA) is 232 Å². The summed E-state index contributed by atoms with van der Waals surface area (Å²) in [6.07, 6.45) is -1.38. The number of aromatic nitrogens is 5. The van der Waals surface area contributed by atoms with Gasteiger partial charge in [-0.05, 0) is 71.1 Å². The summed E-state index contributed by atoms with van der Waals surface area (Å²) in [5.74, 6) is -2.01. The summed E-state index contributed by atoms with van der Waals surface area (Å²) in [6, 6.07) is 9.70. The predicted octanol–water partition coefficient (Wildman–Crippen LogP) is -0.849. The summed E-state index contributed by atoms with van der Waals surface area (Å²) in [6.45, 7) is 0. The first kappa shape index (κ1) is 39.0. The Kier molecular flexibility index (Phi) is 14.0. The maximum absolute atomic E-state index is 13.5. The van der Waals surface area contributed by atoms with E-state index in [0.29, 0.717) is 23.1 Å². The Hall–Kier alpha value is -2.41. The monoisotopic (exact) mass is 743 g/mol. The molecule has 24 heteroatoms. The van der Waals surface area contributed by atoms with Gasteiger partial charge in [-0.15, -0.1) is 10.2 Å². The molecule has 232 valence electrons. The Morgan fingerprint density at radius 2 is 1.57 bits per heavy atom. The number of phenolic OH excluding ortho intramolecular Hbond substituents is 1. The van der Waals surface area contributed by atoms with Crippen LogP contribution in [-0.2, 0) is 19.5 Å². The number of fused-ring (bicyclic) bond motifs is 1. The van der Waals surface area contributed by atoms with Crippen LogP contribution in [0.15, 0.2) is 68.6 Å². The normalized spacial score (nSPS) is 11.3. The number of benzene rings is 3. The largest absolute Gasteiger partial charge is 1.00 e. The molecule has 0 saturated carbocycles. The molecule has 0 amide bonds. The molecule has 0 bridgehead atoms. The molecule has 0 spiro atoms. The van der Waals surface area contributed by atoms with Crippen molar-refractivity contribution in [3.05, 3.63) is 71.1 Å². The van der Waals surface area contributed by atoms with Crippen LogP contribution in [0.3, 0.4) is 0 Å². The second-order valence-corrected chi connectivity index (χ2v) is 11.1. The van der Waals surface area contributed by atoms with Gasteiger partial charge in [0.1, 0.15) is 27.3 Å². The molecule has 5 rings (SSSR count). The van der Waals surface area contributed by atoms with Gasteiger partial charge in [0, 0.05) is 22.8 Å². The minimum absolute atomic E-state index is 0. The van der Waals surface area contributed by atoms with Gasteiger partial charge in [-0.2, -0.15) is 38.0 Å². The SMILES string of the molecule is O=S(=O)([O-])c1ccc(Nc2cc(F)nc(F)n2)cc1N=Nc1c(SOO[O-])cc2cc(Nc3nc(Cl)nc(Cl)n3)ccc2c1O.[Na+].[Na+]. The van der Waals surface area contributed by atoms with E-state index < -0.39 is 38.5 Å². The van der Waals surface area contributed by atoms with E-state index in [2.05, 4.69) is 55.2 Å². The van der Waals surface area contributed by atoms with Crippen LogP contribution < -0.4 is 75.0 Å². The summed E-state index contributed by atoms with van der Waals surface area (Å²) in [5, 5.41) is 38.4. The molecule has 5 aromatic rings. The smallest absolute Gasteiger partial charge is 0.744 e. The fraction of sp³-hybridized carbons (Fsp3) is 0.